The Bertz CT molecular complexity index is 404. The number of rotatable bonds is 9. The molecule has 3 nitrogen and oxygen atoms in total. The van der Waals surface area contributed by atoms with Crippen molar-refractivity contribution >= 4 is 11.6 Å². The van der Waals surface area contributed by atoms with Crippen molar-refractivity contribution in [3.8, 4) is 0 Å². The van der Waals surface area contributed by atoms with Gasteiger partial charge in [-0.2, -0.15) is 0 Å². The number of para-hydroxylation sites is 1. The van der Waals surface area contributed by atoms with E-state index in [1.807, 2.05) is 18.2 Å². The summed E-state index contributed by atoms with van der Waals surface area (Å²) in [6, 6.07) is 7.97. The molecule has 112 valence electrons. The summed E-state index contributed by atoms with van der Waals surface area (Å²) in [5, 5.41) is 6.40. The fourth-order valence-electron chi connectivity index (χ4n) is 2.34. The zero-order valence-electron chi connectivity index (χ0n) is 13.0. The van der Waals surface area contributed by atoms with Crippen LogP contribution in [0.3, 0.4) is 0 Å². The number of carbonyl (C=O) groups is 1. The Morgan fingerprint density at radius 2 is 2.00 bits per heavy atom. The number of benzene rings is 1. The Hall–Kier alpha value is -1.35. The molecule has 1 unspecified atom stereocenters. The van der Waals surface area contributed by atoms with Crippen LogP contribution in [0.15, 0.2) is 24.3 Å². The largest absolute Gasteiger partial charge is 0.326 e. The molecule has 0 fully saturated rings. The molecule has 0 saturated heterocycles. The van der Waals surface area contributed by atoms with Gasteiger partial charge in [-0.3, -0.25) is 4.79 Å². The molecular formula is C17H28N2O. The molecule has 0 bridgehead atoms. The van der Waals surface area contributed by atoms with Gasteiger partial charge in [0, 0.05) is 19.2 Å². The highest BCUT2D eigenvalue weighted by molar-refractivity contribution is 5.89. The van der Waals surface area contributed by atoms with E-state index in [9.17, 15) is 4.79 Å². The van der Waals surface area contributed by atoms with E-state index in [0.717, 1.165) is 30.3 Å². The first-order chi connectivity index (χ1) is 9.67. The Labute approximate surface area is 123 Å². The van der Waals surface area contributed by atoms with Gasteiger partial charge in [-0.25, -0.2) is 0 Å². The molecule has 0 aliphatic heterocycles. The van der Waals surface area contributed by atoms with Gasteiger partial charge in [0.15, 0.2) is 0 Å². The van der Waals surface area contributed by atoms with Crippen LogP contribution in [-0.2, 0) is 11.3 Å². The van der Waals surface area contributed by atoms with E-state index in [1.165, 1.54) is 25.7 Å². The third-order valence-electron chi connectivity index (χ3n) is 3.62. The zero-order valence-corrected chi connectivity index (χ0v) is 13.0. The van der Waals surface area contributed by atoms with Crippen molar-refractivity contribution in [2.24, 2.45) is 5.92 Å². The van der Waals surface area contributed by atoms with Gasteiger partial charge in [0.25, 0.3) is 0 Å². The summed E-state index contributed by atoms with van der Waals surface area (Å²) in [6.07, 6.45) is 5.10. The van der Waals surface area contributed by atoms with Crippen molar-refractivity contribution in [2.45, 2.75) is 53.0 Å². The lowest BCUT2D eigenvalue weighted by Gasteiger charge is -2.16. The van der Waals surface area contributed by atoms with Crippen LogP contribution >= 0.6 is 0 Å². The van der Waals surface area contributed by atoms with E-state index < -0.39 is 0 Å². The van der Waals surface area contributed by atoms with Gasteiger partial charge in [-0.05, 0) is 30.5 Å². The van der Waals surface area contributed by atoms with Crippen LogP contribution in [0.2, 0.25) is 0 Å². The monoisotopic (exact) mass is 276 g/mol. The van der Waals surface area contributed by atoms with Crippen LogP contribution in [0.1, 0.15) is 52.0 Å². The summed E-state index contributed by atoms with van der Waals surface area (Å²) in [5.41, 5.74) is 2.06. The summed E-state index contributed by atoms with van der Waals surface area (Å²) in [7, 11) is 0. The van der Waals surface area contributed by atoms with Crippen molar-refractivity contribution in [2.75, 3.05) is 11.9 Å². The Balaban J connectivity index is 2.46. The van der Waals surface area contributed by atoms with Crippen molar-refractivity contribution in [1.82, 2.24) is 5.32 Å². The van der Waals surface area contributed by atoms with Crippen LogP contribution in [0.5, 0.6) is 0 Å². The van der Waals surface area contributed by atoms with Gasteiger partial charge in [-0.1, -0.05) is 51.3 Å². The molecule has 1 rings (SSSR count). The van der Waals surface area contributed by atoms with Crippen LogP contribution in [0, 0.1) is 5.92 Å². The molecule has 0 spiro atoms. The maximum absolute atomic E-state index is 11.2. The maximum atomic E-state index is 11.2. The quantitative estimate of drug-likeness (QED) is 0.717. The van der Waals surface area contributed by atoms with E-state index in [4.69, 9.17) is 0 Å². The average molecular weight is 276 g/mol. The normalized spacial score (nSPS) is 12.2. The van der Waals surface area contributed by atoms with Crippen molar-refractivity contribution in [3.05, 3.63) is 29.8 Å². The van der Waals surface area contributed by atoms with Crippen LogP contribution in [-0.4, -0.2) is 12.5 Å². The molecule has 3 heteroatoms. The summed E-state index contributed by atoms with van der Waals surface area (Å²) in [5.74, 6) is 0.731. The number of carbonyl (C=O) groups excluding carboxylic acids is 1. The average Bonchev–Trinajstić information content (AvgIpc) is 2.43. The van der Waals surface area contributed by atoms with Crippen LogP contribution in [0.25, 0.3) is 0 Å². The fourth-order valence-corrected chi connectivity index (χ4v) is 2.34. The van der Waals surface area contributed by atoms with E-state index in [-0.39, 0.29) is 5.91 Å². The second-order valence-corrected chi connectivity index (χ2v) is 5.39. The van der Waals surface area contributed by atoms with Crippen LogP contribution in [0.4, 0.5) is 5.69 Å². The number of unbranched alkanes of at least 4 members (excludes halogenated alkanes) is 1. The SMILES string of the molecule is CCCCC(CC)CNCc1ccccc1NC(C)=O. The number of hydrogen-bond acceptors (Lipinski definition) is 2. The molecule has 2 N–H and O–H groups in total. The summed E-state index contributed by atoms with van der Waals surface area (Å²) >= 11 is 0. The standard InChI is InChI=1S/C17H28N2O/c1-4-6-9-15(5-2)12-18-13-16-10-7-8-11-17(16)19-14(3)20/h7-8,10-11,15,18H,4-6,9,12-13H2,1-3H3,(H,19,20). The highest BCUT2D eigenvalue weighted by atomic mass is 16.1. The van der Waals surface area contributed by atoms with E-state index in [2.05, 4.69) is 30.5 Å². The van der Waals surface area contributed by atoms with Gasteiger partial charge in [0.1, 0.15) is 0 Å². The van der Waals surface area contributed by atoms with E-state index in [1.54, 1.807) is 6.92 Å². The van der Waals surface area contributed by atoms with Crippen LogP contribution < -0.4 is 10.6 Å². The fraction of sp³-hybridized carbons (Fsp3) is 0.588. The molecule has 0 aliphatic rings. The minimum Gasteiger partial charge on any atom is -0.326 e. The lowest BCUT2D eigenvalue weighted by atomic mass is 9.99. The molecule has 0 radical (unpaired) electrons. The second-order valence-electron chi connectivity index (χ2n) is 5.39. The first-order valence-electron chi connectivity index (χ1n) is 7.73. The predicted octanol–water partition coefficient (Wildman–Crippen LogP) is 3.95. The van der Waals surface area contributed by atoms with Gasteiger partial charge < -0.3 is 10.6 Å². The highest BCUT2D eigenvalue weighted by Crippen LogP contribution is 2.16. The number of amides is 1. The van der Waals surface area contributed by atoms with Crippen molar-refractivity contribution < 1.29 is 4.79 Å². The van der Waals surface area contributed by atoms with Gasteiger partial charge >= 0.3 is 0 Å². The van der Waals surface area contributed by atoms with Gasteiger partial charge in [0.2, 0.25) is 5.91 Å². The van der Waals surface area contributed by atoms with Crippen molar-refractivity contribution in [1.29, 1.82) is 0 Å². The Morgan fingerprint density at radius 1 is 1.25 bits per heavy atom. The Kier molecular flexibility index (Phi) is 7.97. The molecule has 1 amide bonds. The third kappa shape index (κ3) is 6.20. The first kappa shape index (κ1) is 16.7. The second kappa shape index (κ2) is 9.54. The van der Waals surface area contributed by atoms with Crippen molar-refractivity contribution in [3.63, 3.8) is 0 Å². The van der Waals surface area contributed by atoms with E-state index >= 15 is 0 Å². The van der Waals surface area contributed by atoms with Gasteiger partial charge in [-0.15, -0.1) is 0 Å². The summed E-state index contributed by atoms with van der Waals surface area (Å²) < 4.78 is 0. The number of nitrogens with one attached hydrogen (secondary N) is 2. The smallest absolute Gasteiger partial charge is 0.221 e. The molecule has 1 aromatic carbocycles. The minimum absolute atomic E-state index is 0.0215. The number of hydrogen-bond donors (Lipinski definition) is 2. The molecule has 0 saturated carbocycles. The summed E-state index contributed by atoms with van der Waals surface area (Å²) in [6.45, 7) is 7.89. The Morgan fingerprint density at radius 3 is 2.65 bits per heavy atom. The number of anilines is 1. The zero-order chi connectivity index (χ0) is 14.8. The topological polar surface area (TPSA) is 41.1 Å². The predicted molar refractivity (Wildman–Crippen MR) is 85.8 cm³/mol. The lowest BCUT2D eigenvalue weighted by Crippen LogP contribution is -2.23. The molecule has 1 aromatic rings. The molecule has 0 aromatic heterocycles. The highest BCUT2D eigenvalue weighted by Gasteiger charge is 2.07. The van der Waals surface area contributed by atoms with Gasteiger partial charge in [0.05, 0.1) is 0 Å². The molecule has 0 heterocycles. The maximum Gasteiger partial charge on any atom is 0.221 e. The lowest BCUT2D eigenvalue weighted by molar-refractivity contribution is -0.114. The summed E-state index contributed by atoms with van der Waals surface area (Å²) in [4.78, 5) is 11.2. The first-order valence-corrected chi connectivity index (χ1v) is 7.73. The molecular weight excluding hydrogens is 248 g/mol. The minimum atomic E-state index is -0.0215. The molecule has 0 aliphatic carbocycles. The van der Waals surface area contributed by atoms with E-state index in [0.29, 0.717) is 0 Å². The third-order valence-corrected chi connectivity index (χ3v) is 3.62. The molecule has 1 atom stereocenters. The molecule has 20 heavy (non-hydrogen) atoms.